The van der Waals surface area contributed by atoms with Crippen LogP contribution in [0.4, 0.5) is 4.39 Å². The lowest BCUT2D eigenvalue weighted by molar-refractivity contribution is -0.447. The first-order valence-electron chi connectivity index (χ1n) is 4.68. The van der Waals surface area contributed by atoms with Crippen LogP contribution < -0.4 is 0 Å². The number of rotatable bonds is 7. The third-order valence-corrected chi connectivity index (χ3v) is 1.79. The number of halogens is 1. The van der Waals surface area contributed by atoms with Crippen LogP contribution in [0.2, 0.25) is 0 Å². The summed E-state index contributed by atoms with van der Waals surface area (Å²) in [4.78, 5) is 8.83. The van der Waals surface area contributed by atoms with Crippen molar-refractivity contribution < 1.29 is 9.31 Å². The molecule has 0 heterocycles. The lowest BCUT2D eigenvalue weighted by atomic mass is 10.1. The first-order chi connectivity index (χ1) is 6.18. The average molecular weight is 189 g/mol. The van der Waals surface area contributed by atoms with Gasteiger partial charge < -0.3 is 0 Å². The van der Waals surface area contributed by atoms with Crippen molar-refractivity contribution in [3.05, 3.63) is 22.1 Å². The molecular weight excluding hydrogens is 173 g/mol. The second kappa shape index (κ2) is 7.71. The minimum absolute atomic E-state index is 0.469. The molecule has 0 spiro atoms. The summed E-state index contributed by atoms with van der Waals surface area (Å²) in [5, 5.41) is 9.83. The topological polar surface area (TPSA) is 43.1 Å². The second-order valence-corrected chi connectivity index (χ2v) is 2.99. The fourth-order valence-corrected chi connectivity index (χ4v) is 1.04. The molecule has 13 heavy (non-hydrogen) atoms. The molecule has 0 saturated carbocycles. The molecule has 0 aromatic carbocycles. The number of unbranched alkanes of at least 4 members (excludes halogenated alkanes) is 5. The van der Waals surface area contributed by atoms with Gasteiger partial charge in [0.15, 0.2) is 0 Å². The van der Waals surface area contributed by atoms with E-state index in [1.54, 1.807) is 0 Å². The van der Waals surface area contributed by atoms with E-state index in [4.69, 9.17) is 0 Å². The van der Waals surface area contributed by atoms with E-state index in [0.717, 1.165) is 25.3 Å². The SMILES string of the molecule is CCCCCCC/C=C(\F)[N+](=O)[O-]. The Labute approximate surface area is 77.8 Å². The molecule has 0 N–H and O–H groups in total. The summed E-state index contributed by atoms with van der Waals surface area (Å²) in [6.07, 6.45) is 6.85. The second-order valence-electron chi connectivity index (χ2n) is 2.99. The average Bonchev–Trinajstić information content (AvgIpc) is 2.10. The van der Waals surface area contributed by atoms with Crippen LogP contribution in [-0.2, 0) is 0 Å². The summed E-state index contributed by atoms with van der Waals surface area (Å²) in [5.74, 6) is -1.23. The molecule has 0 unspecified atom stereocenters. The van der Waals surface area contributed by atoms with Crippen molar-refractivity contribution in [1.82, 2.24) is 0 Å². The van der Waals surface area contributed by atoms with Gasteiger partial charge in [0.05, 0.1) is 4.92 Å². The largest absolute Gasteiger partial charge is 0.415 e. The molecule has 0 aliphatic rings. The molecule has 4 heteroatoms. The lowest BCUT2D eigenvalue weighted by Gasteiger charge is -1.95. The molecule has 0 radical (unpaired) electrons. The molecule has 0 aliphatic heterocycles. The summed E-state index contributed by atoms with van der Waals surface area (Å²) in [5.41, 5.74) is 0. The highest BCUT2D eigenvalue weighted by molar-refractivity contribution is 4.80. The highest BCUT2D eigenvalue weighted by Crippen LogP contribution is 2.07. The minimum Gasteiger partial charge on any atom is -0.256 e. The van der Waals surface area contributed by atoms with Gasteiger partial charge in [-0.1, -0.05) is 32.6 Å². The summed E-state index contributed by atoms with van der Waals surface area (Å²) < 4.78 is 12.3. The van der Waals surface area contributed by atoms with Gasteiger partial charge in [-0.15, -0.1) is 4.39 Å². The first kappa shape index (κ1) is 12.1. The molecule has 76 valence electrons. The van der Waals surface area contributed by atoms with Crippen LogP contribution in [0.15, 0.2) is 12.0 Å². The molecule has 0 atom stereocenters. The Morgan fingerprint density at radius 2 is 2.00 bits per heavy atom. The summed E-state index contributed by atoms with van der Waals surface area (Å²) >= 11 is 0. The van der Waals surface area contributed by atoms with Gasteiger partial charge in [0, 0.05) is 6.08 Å². The van der Waals surface area contributed by atoms with Gasteiger partial charge in [-0.2, -0.15) is 0 Å². The van der Waals surface area contributed by atoms with E-state index >= 15 is 0 Å². The van der Waals surface area contributed by atoms with E-state index in [9.17, 15) is 14.5 Å². The van der Waals surface area contributed by atoms with Gasteiger partial charge in [0.1, 0.15) is 0 Å². The maximum atomic E-state index is 12.3. The molecule has 3 nitrogen and oxygen atoms in total. The van der Waals surface area contributed by atoms with E-state index in [-0.39, 0.29) is 0 Å². The van der Waals surface area contributed by atoms with Gasteiger partial charge in [-0.3, -0.25) is 10.1 Å². The zero-order valence-corrected chi connectivity index (χ0v) is 7.96. The zero-order chi connectivity index (χ0) is 10.1. The van der Waals surface area contributed by atoms with Gasteiger partial charge >= 0.3 is 5.95 Å². The van der Waals surface area contributed by atoms with E-state index < -0.39 is 10.9 Å². The first-order valence-corrected chi connectivity index (χ1v) is 4.68. The summed E-state index contributed by atoms with van der Waals surface area (Å²) in [6, 6.07) is 0. The fourth-order valence-electron chi connectivity index (χ4n) is 1.04. The van der Waals surface area contributed by atoms with Crippen LogP contribution in [0.5, 0.6) is 0 Å². The number of allylic oxidation sites excluding steroid dienone is 1. The summed E-state index contributed by atoms with van der Waals surface area (Å²) in [7, 11) is 0. The van der Waals surface area contributed by atoms with Crippen LogP contribution in [0.1, 0.15) is 45.4 Å². The van der Waals surface area contributed by atoms with Crippen molar-refractivity contribution in [3.63, 3.8) is 0 Å². The normalized spacial score (nSPS) is 11.7. The van der Waals surface area contributed by atoms with E-state index in [0.29, 0.717) is 6.42 Å². The van der Waals surface area contributed by atoms with Crippen molar-refractivity contribution in [2.24, 2.45) is 0 Å². The molecule has 0 bridgehead atoms. The van der Waals surface area contributed by atoms with Crippen LogP contribution in [0.25, 0.3) is 0 Å². The van der Waals surface area contributed by atoms with E-state index in [2.05, 4.69) is 6.92 Å². The van der Waals surface area contributed by atoms with E-state index in [1.165, 1.54) is 12.8 Å². The highest BCUT2D eigenvalue weighted by Gasteiger charge is 2.05. The molecule has 0 aliphatic carbocycles. The van der Waals surface area contributed by atoms with Gasteiger partial charge in [-0.25, -0.2) is 0 Å². The molecule has 0 aromatic heterocycles. The third-order valence-electron chi connectivity index (χ3n) is 1.79. The van der Waals surface area contributed by atoms with Gasteiger partial charge in [0.25, 0.3) is 0 Å². The Balaban J connectivity index is 3.34. The smallest absolute Gasteiger partial charge is 0.256 e. The molecule has 0 rings (SSSR count). The van der Waals surface area contributed by atoms with Gasteiger partial charge in [0.2, 0.25) is 0 Å². The molecule has 0 saturated heterocycles. The Bertz CT molecular complexity index is 180. The van der Waals surface area contributed by atoms with Crippen molar-refractivity contribution in [2.75, 3.05) is 0 Å². The Hall–Kier alpha value is -0.930. The predicted molar refractivity (Wildman–Crippen MR) is 49.6 cm³/mol. The zero-order valence-electron chi connectivity index (χ0n) is 7.96. The van der Waals surface area contributed by atoms with Crippen LogP contribution in [0, 0.1) is 10.1 Å². The Morgan fingerprint density at radius 1 is 1.38 bits per heavy atom. The predicted octanol–water partition coefficient (Wildman–Crippen LogP) is 3.43. The maximum Gasteiger partial charge on any atom is 0.415 e. The highest BCUT2D eigenvalue weighted by atomic mass is 19.1. The number of hydrogen-bond donors (Lipinski definition) is 0. The van der Waals surface area contributed by atoms with Crippen LogP contribution in [-0.4, -0.2) is 4.92 Å². The van der Waals surface area contributed by atoms with Gasteiger partial charge in [-0.05, 0) is 12.8 Å². The number of hydrogen-bond acceptors (Lipinski definition) is 2. The lowest BCUT2D eigenvalue weighted by Crippen LogP contribution is -1.91. The molecule has 0 aromatic rings. The number of nitro groups is 1. The van der Waals surface area contributed by atoms with Crippen molar-refractivity contribution >= 4 is 0 Å². The monoisotopic (exact) mass is 189 g/mol. The Morgan fingerprint density at radius 3 is 2.54 bits per heavy atom. The standard InChI is InChI=1S/C9H16FNO2/c1-2-3-4-5-6-7-8-9(10)11(12)13/h8H,2-7H2,1H3/b9-8+. The molecule has 0 amide bonds. The Kier molecular flexibility index (Phi) is 7.15. The van der Waals surface area contributed by atoms with Crippen molar-refractivity contribution in [2.45, 2.75) is 45.4 Å². The number of nitrogens with zero attached hydrogens (tertiary/aromatic N) is 1. The molecule has 0 fully saturated rings. The quantitative estimate of drug-likeness (QED) is 0.266. The van der Waals surface area contributed by atoms with E-state index in [1.807, 2.05) is 0 Å². The van der Waals surface area contributed by atoms with Crippen molar-refractivity contribution in [1.29, 1.82) is 0 Å². The van der Waals surface area contributed by atoms with Crippen LogP contribution in [0.3, 0.4) is 0 Å². The molecular formula is C9H16FNO2. The van der Waals surface area contributed by atoms with Crippen LogP contribution >= 0.6 is 0 Å². The minimum atomic E-state index is -1.23. The fraction of sp³-hybridized carbons (Fsp3) is 0.778. The third kappa shape index (κ3) is 7.43. The van der Waals surface area contributed by atoms with Crippen molar-refractivity contribution in [3.8, 4) is 0 Å². The maximum absolute atomic E-state index is 12.3. The summed E-state index contributed by atoms with van der Waals surface area (Å²) in [6.45, 7) is 2.12.